The van der Waals surface area contributed by atoms with Gasteiger partial charge >= 0.3 is 6.18 Å². The van der Waals surface area contributed by atoms with Crippen LogP contribution in [0.2, 0.25) is 0 Å². The number of alkyl halides is 3. The molecule has 0 heterocycles. The molecule has 0 aromatic rings. The first-order valence-corrected chi connectivity index (χ1v) is 4.80. The van der Waals surface area contributed by atoms with E-state index in [1.165, 1.54) is 0 Å². The first-order chi connectivity index (χ1) is 3.92. The van der Waals surface area contributed by atoms with Crippen LogP contribution < -0.4 is 0 Å². The second-order valence-corrected chi connectivity index (χ2v) is 4.11. The van der Waals surface area contributed by atoms with Gasteiger partial charge < -0.3 is 4.52 Å². The Morgan fingerprint density at radius 2 is 1.78 bits per heavy atom. The van der Waals surface area contributed by atoms with Crippen LogP contribution in [0.3, 0.4) is 0 Å². The minimum atomic E-state index is -4.34. The number of hydrogen-bond donors (Lipinski definition) is 0. The maximum atomic E-state index is 11.2. The predicted molar refractivity (Wildman–Crippen MR) is 30.6 cm³/mol. The second kappa shape index (κ2) is 3.81. The molecule has 0 fully saturated rings. The van der Waals surface area contributed by atoms with Gasteiger partial charge in [0, 0.05) is 0 Å². The summed E-state index contributed by atoms with van der Waals surface area (Å²) in [5.41, 5.74) is 0. The summed E-state index contributed by atoms with van der Waals surface area (Å²) in [6.45, 7) is -3.32. The molecule has 0 amide bonds. The van der Waals surface area contributed by atoms with E-state index in [-0.39, 0.29) is 0 Å². The molecule has 0 rings (SSSR count). The van der Waals surface area contributed by atoms with E-state index in [2.05, 4.69) is 4.52 Å². The van der Waals surface area contributed by atoms with Gasteiger partial charge in [0.2, 0.25) is 6.85 Å². The molecule has 7 heteroatoms. The third-order valence-electron chi connectivity index (χ3n) is 0.326. The zero-order valence-electron chi connectivity index (χ0n) is 3.95. The Kier molecular flexibility index (Phi) is 4.14. The standard InChI is InChI=1S/C2H2Cl2F3OP/c3-9(4)8-1-2(5,6)7/h1H2. The first kappa shape index (κ1) is 9.76. The van der Waals surface area contributed by atoms with Gasteiger partial charge in [-0.05, 0) is 22.5 Å². The van der Waals surface area contributed by atoms with Gasteiger partial charge in [-0.25, -0.2) is 0 Å². The highest BCUT2D eigenvalue weighted by atomic mass is 35.9. The maximum absolute atomic E-state index is 11.2. The molecule has 0 bridgehead atoms. The minimum absolute atomic E-state index is 1.38. The molecule has 0 aliphatic heterocycles. The van der Waals surface area contributed by atoms with E-state index in [1.807, 2.05) is 0 Å². The maximum Gasteiger partial charge on any atom is 0.412 e. The zero-order valence-corrected chi connectivity index (χ0v) is 6.36. The Balaban J connectivity index is 3.28. The normalized spacial score (nSPS) is 12.7. The Morgan fingerprint density at radius 1 is 1.33 bits per heavy atom. The molecule has 0 saturated carbocycles. The molecular weight excluding hydrogens is 199 g/mol. The van der Waals surface area contributed by atoms with Crippen molar-refractivity contribution in [1.82, 2.24) is 0 Å². The molecule has 0 aliphatic carbocycles. The summed E-state index contributed by atoms with van der Waals surface area (Å²) >= 11 is 9.78. The summed E-state index contributed by atoms with van der Waals surface area (Å²) in [5, 5.41) is 0. The fourth-order valence-electron chi connectivity index (χ4n) is 0.122. The van der Waals surface area contributed by atoms with Gasteiger partial charge in [0.05, 0.1) is 0 Å². The van der Waals surface area contributed by atoms with E-state index >= 15 is 0 Å². The van der Waals surface area contributed by atoms with E-state index in [1.54, 1.807) is 0 Å². The molecule has 0 aromatic heterocycles. The van der Waals surface area contributed by atoms with E-state index < -0.39 is 19.6 Å². The molecule has 1 nitrogen and oxygen atoms in total. The number of rotatable bonds is 2. The van der Waals surface area contributed by atoms with Crippen LogP contribution >= 0.6 is 29.3 Å². The lowest BCUT2D eigenvalue weighted by molar-refractivity contribution is -0.151. The smallest absolute Gasteiger partial charge is 0.322 e. The van der Waals surface area contributed by atoms with Crippen molar-refractivity contribution in [2.75, 3.05) is 6.61 Å². The summed E-state index contributed by atoms with van der Waals surface area (Å²) < 4.78 is 37.4. The third kappa shape index (κ3) is 8.76. The monoisotopic (exact) mass is 200 g/mol. The molecule has 0 radical (unpaired) electrons. The highest BCUT2D eigenvalue weighted by molar-refractivity contribution is 8.00. The summed E-state index contributed by atoms with van der Waals surface area (Å²) in [6.07, 6.45) is -4.34. The lowest BCUT2D eigenvalue weighted by Crippen LogP contribution is -2.14. The Bertz CT molecular complexity index is 84.4. The van der Waals surface area contributed by atoms with Crippen molar-refractivity contribution in [2.24, 2.45) is 0 Å². The third-order valence-corrected chi connectivity index (χ3v) is 1.24. The highest BCUT2D eigenvalue weighted by Gasteiger charge is 2.28. The van der Waals surface area contributed by atoms with Crippen molar-refractivity contribution in [3.05, 3.63) is 0 Å². The molecule has 0 spiro atoms. The van der Waals surface area contributed by atoms with E-state index in [0.29, 0.717) is 0 Å². The fourth-order valence-corrected chi connectivity index (χ4v) is 0.659. The summed E-state index contributed by atoms with van der Waals surface area (Å²) in [6, 6.07) is 0. The van der Waals surface area contributed by atoms with Crippen LogP contribution in [0.15, 0.2) is 0 Å². The van der Waals surface area contributed by atoms with Crippen molar-refractivity contribution in [2.45, 2.75) is 6.18 Å². The second-order valence-electron chi connectivity index (χ2n) is 1.09. The number of halogens is 5. The van der Waals surface area contributed by atoms with Crippen LogP contribution in [0, 0.1) is 0 Å². The summed E-state index contributed by atoms with van der Waals surface area (Å²) in [5.74, 6) is 0. The van der Waals surface area contributed by atoms with Crippen molar-refractivity contribution < 1.29 is 17.7 Å². The summed E-state index contributed by atoms with van der Waals surface area (Å²) in [7, 11) is 0. The number of hydrogen-bond acceptors (Lipinski definition) is 1. The van der Waals surface area contributed by atoms with Crippen LogP contribution in [0.25, 0.3) is 0 Å². The first-order valence-electron chi connectivity index (χ1n) is 1.73. The summed E-state index contributed by atoms with van der Waals surface area (Å²) in [4.78, 5) is 0. The van der Waals surface area contributed by atoms with Gasteiger partial charge in [0.15, 0.2) is 0 Å². The van der Waals surface area contributed by atoms with Gasteiger partial charge in [-0.15, -0.1) is 0 Å². The Labute approximate surface area is 60.5 Å². The van der Waals surface area contributed by atoms with Crippen LogP contribution in [-0.4, -0.2) is 12.8 Å². The van der Waals surface area contributed by atoms with E-state index in [9.17, 15) is 13.2 Å². The Hall–Kier alpha value is 0.760. The predicted octanol–water partition coefficient (Wildman–Crippen LogP) is 3.27. The fraction of sp³-hybridized carbons (Fsp3) is 1.00. The largest absolute Gasteiger partial charge is 0.412 e. The molecule has 0 aromatic carbocycles. The zero-order chi connectivity index (χ0) is 7.49. The highest BCUT2D eigenvalue weighted by Crippen LogP contribution is 2.48. The molecule has 0 aliphatic rings. The minimum Gasteiger partial charge on any atom is -0.322 e. The average Bonchev–Trinajstić information content (AvgIpc) is 1.59. The van der Waals surface area contributed by atoms with Crippen molar-refractivity contribution in [3.63, 3.8) is 0 Å². The van der Waals surface area contributed by atoms with Crippen LogP contribution in [0.4, 0.5) is 13.2 Å². The average molecular weight is 201 g/mol. The van der Waals surface area contributed by atoms with Crippen molar-refractivity contribution in [3.8, 4) is 0 Å². The van der Waals surface area contributed by atoms with Gasteiger partial charge in [-0.1, -0.05) is 0 Å². The van der Waals surface area contributed by atoms with E-state index in [0.717, 1.165) is 0 Å². The van der Waals surface area contributed by atoms with Crippen LogP contribution in [-0.2, 0) is 4.52 Å². The lowest BCUT2D eigenvalue weighted by Gasteiger charge is -2.05. The van der Waals surface area contributed by atoms with Gasteiger partial charge in [0.25, 0.3) is 0 Å². The molecule has 0 saturated heterocycles. The lowest BCUT2D eigenvalue weighted by atomic mass is 10.7. The van der Waals surface area contributed by atoms with Crippen molar-refractivity contribution in [1.29, 1.82) is 0 Å². The molecule has 0 atom stereocenters. The SMILES string of the molecule is FC(F)(F)COP(Cl)Cl. The topological polar surface area (TPSA) is 9.23 Å². The van der Waals surface area contributed by atoms with E-state index in [4.69, 9.17) is 22.5 Å². The molecule has 0 unspecified atom stereocenters. The van der Waals surface area contributed by atoms with Crippen molar-refractivity contribution >= 4 is 29.3 Å². The molecule has 9 heavy (non-hydrogen) atoms. The molecule has 56 valence electrons. The van der Waals surface area contributed by atoms with Gasteiger partial charge in [-0.3, -0.25) is 0 Å². The molecule has 0 N–H and O–H groups in total. The quantitative estimate of drug-likeness (QED) is 0.622. The van der Waals surface area contributed by atoms with Crippen LogP contribution in [0.5, 0.6) is 0 Å². The van der Waals surface area contributed by atoms with Gasteiger partial charge in [-0.2, -0.15) is 13.2 Å². The van der Waals surface area contributed by atoms with Crippen LogP contribution in [0.1, 0.15) is 0 Å². The Morgan fingerprint density at radius 3 is 1.89 bits per heavy atom. The molecular formula is C2H2Cl2F3OP. The van der Waals surface area contributed by atoms with Gasteiger partial charge in [0.1, 0.15) is 6.61 Å².